The summed E-state index contributed by atoms with van der Waals surface area (Å²) >= 11 is 0. The molecule has 1 N–H and O–H groups in total. The Hall–Kier alpha value is 0.353. The van der Waals surface area contributed by atoms with E-state index in [0.717, 1.165) is 25.7 Å². The van der Waals surface area contributed by atoms with Gasteiger partial charge in [-0.25, -0.2) is 0 Å². The van der Waals surface area contributed by atoms with Gasteiger partial charge in [-0.15, -0.1) is 0 Å². The molecule has 16 heavy (non-hydrogen) atoms. The minimum Gasteiger partial charge on any atom is -0.481 e. The first kappa shape index (κ1) is 29.9. The number of rotatable bonds is 5. The van der Waals surface area contributed by atoms with Gasteiger partial charge >= 0.3 is 32.2 Å². The third kappa shape index (κ3) is 63.4. The maximum Gasteiger partial charge on any atom is 4.00 e. The summed E-state index contributed by atoms with van der Waals surface area (Å²) in [6.45, 7) is 18.7. The number of hydrogen-bond acceptors (Lipinski definition) is 1. The van der Waals surface area contributed by atoms with Crippen LogP contribution in [0.5, 0.6) is 0 Å². The molecule has 96 valence electrons. The minimum atomic E-state index is -0.695. The molecule has 0 bridgehead atoms. The van der Waals surface area contributed by atoms with Gasteiger partial charge in [-0.05, 0) is 6.42 Å². The molecule has 0 aromatic carbocycles. The topological polar surface area (TPSA) is 37.3 Å². The van der Waals surface area contributed by atoms with Crippen molar-refractivity contribution in [1.82, 2.24) is 0 Å². The molecule has 0 fully saturated rings. The zero-order valence-corrected chi connectivity index (χ0v) is 13.7. The molecule has 0 saturated heterocycles. The molecule has 0 aliphatic heterocycles. The second-order valence-electron chi connectivity index (χ2n) is 2.06. The van der Waals surface area contributed by atoms with E-state index in [9.17, 15) is 4.79 Å². The zero-order chi connectivity index (χ0) is 13.1. The van der Waals surface area contributed by atoms with Crippen molar-refractivity contribution in [2.75, 3.05) is 0 Å². The second kappa shape index (κ2) is 45.3. The Bertz CT molecular complexity index is 86.0. The summed E-state index contributed by atoms with van der Waals surface area (Å²) in [6, 6.07) is 0. The number of hydrogen-bond donors (Lipinski definition) is 1. The first-order valence-electron chi connectivity index (χ1n) is 5.40. The molecule has 0 aromatic heterocycles. The first-order chi connectivity index (χ1) is 7.27. The third-order valence-corrected chi connectivity index (χ3v) is 1.14. The molecule has 3 heteroatoms. The van der Waals surface area contributed by atoms with Crippen LogP contribution in [0.3, 0.4) is 0 Å². The number of carbonyl (C=O) groups is 1. The summed E-state index contributed by atoms with van der Waals surface area (Å²) in [6.07, 6.45) is 4.06. The van der Waals surface area contributed by atoms with Crippen molar-refractivity contribution in [3.05, 3.63) is 27.7 Å². The monoisotopic (exact) mass is 306 g/mol. The van der Waals surface area contributed by atoms with E-state index in [1.165, 1.54) is 0 Å². The van der Waals surface area contributed by atoms with Crippen LogP contribution in [0.4, 0.5) is 0 Å². The molecule has 0 unspecified atom stereocenters. The number of carboxylic acid groups (broad SMARTS) is 1. The predicted octanol–water partition coefficient (Wildman–Crippen LogP) is 4.37. The summed E-state index contributed by atoms with van der Waals surface area (Å²) in [4.78, 5) is 9.95. The molecule has 0 aromatic rings. The Labute approximate surface area is 122 Å². The molecule has 0 radical (unpaired) electrons. The van der Waals surface area contributed by atoms with Gasteiger partial charge in [0.2, 0.25) is 0 Å². The van der Waals surface area contributed by atoms with Gasteiger partial charge in [-0.3, -0.25) is 4.79 Å². The van der Waals surface area contributed by atoms with Crippen molar-refractivity contribution in [3.8, 4) is 0 Å². The second-order valence-corrected chi connectivity index (χ2v) is 2.06. The van der Waals surface area contributed by atoms with Crippen molar-refractivity contribution < 1.29 is 36.1 Å². The molecule has 0 aliphatic carbocycles. The van der Waals surface area contributed by atoms with Gasteiger partial charge in [0.05, 0.1) is 0 Å². The van der Waals surface area contributed by atoms with Crippen LogP contribution >= 0.6 is 0 Å². The van der Waals surface area contributed by atoms with Gasteiger partial charge in [0.1, 0.15) is 0 Å². The quantitative estimate of drug-likeness (QED) is 0.605. The Kier molecular flexibility index (Phi) is 84.7. The van der Waals surface area contributed by atoms with Crippen LogP contribution in [-0.4, -0.2) is 11.1 Å². The fourth-order valence-corrected chi connectivity index (χ4v) is 0.630. The molecule has 0 spiro atoms. The Morgan fingerprint density at radius 1 is 0.938 bits per heavy atom. The fraction of sp³-hybridized carbons (Fsp3) is 0.615. The van der Waals surface area contributed by atoms with Gasteiger partial charge in [-0.1, -0.05) is 12.8 Å². The summed E-state index contributed by atoms with van der Waals surface area (Å²) in [5.41, 5.74) is 0. The first-order valence-corrected chi connectivity index (χ1v) is 5.40. The average Bonchev–Trinajstić information content (AvgIpc) is 2.32. The average molecular weight is 308 g/mol. The van der Waals surface area contributed by atoms with E-state index >= 15 is 0 Å². The van der Waals surface area contributed by atoms with Gasteiger partial charge in [0.25, 0.3) is 0 Å². The summed E-state index contributed by atoms with van der Waals surface area (Å²) in [5.74, 6) is -0.695. The number of unbranched alkanes of at least 4 members (excludes halogenated alkanes) is 3. The van der Waals surface area contributed by atoms with Crippen molar-refractivity contribution in [2.24, 2.45) is 0 Å². The Balaban J connectivity index is -0.0000000498. The zero-order valence-electron chi connectivity index (χ0n) is 11.2. The van der Waals surface area contributed by atoms with E-state index in [2.05, 4.69) is 27.7 Å². The van der Waals surface area contributed by atoms with E-state index < -0.39 is 5.97 Å². The van der Waals surface area contributed by atoms with Gasteiger partial charge < -0.3 is 32.8 Å². The number of aliphatic carboxylic acids is 1. The van der Waals surface area contributed by atoms with Crippen molar-refractivity contribution >= 4 is 5.97 Å². The molecule has 2 nitrogen and oxygen atoms in total. The van der Waals surface area contributed by atoms with E-state index in [0.29, 0.717) is 6.42 Å². The predicted molar refractivity (Wildman–Crippen MR) is 69.2 cm³/mol. The molecule has 0 amide bonds. The van der Waals surface area contributed by atoms with Crippen LogP contribution < -0.4 is 0 Å². The van der Waals surface area contributed by atoms with Crippen molar-refractivity contribution in [2.45, 2.75) is 52.9 Å². The SMILES string of the molecule is [CH2-]C.[CH2-]C.[CH2-]C.[CH2-]CCCCCC(=O)O.[Zr+4]. The van der Waals surface area contributed by atoms with Crippen molar-refractivity contribution in [1.29, 1.82) is 0 Å². The normalized spacial score (nSPS) is 6.44. The molecule has 0 rings (SSSR count). The van der Waals surface area contributed by atoms with E-state index in [4.69, 9.17) is 5.11 Å². The molecule has 0 atom stereocenters. The Morgan fingerprint density at radius 3 is 1.56 bits per heavy atom. The maximum absolute atomic E-state index is 9.95. The van der Waals surface area contributed by atoms with Gasteiger partial charge in [0, 0.05) is 6.42 Å². The standard InChI is InChI=1S/C7H13O2.3C2H5.Zr/c1-2-3-4-5-6-7(8)9;3*1-2;/h1-6H2,(H,8,9);3*1H2,2H3;/q4*-1;+4. The minimum absolute atomic E-state index is 0. The van der Waals surface area contributed by atoms with Crippen LogP contribution in [0.1, 0.15) is 52.9 Å². The number of carboxylic acids is 1. The largest absolute Gasteiger partial charge is 4.00 e. The van der Waals surface area contributed by atoms with Gasteiger partial charge in [-0.2, -0.15) is 27.2 Å². The van der Waals surface area contributed by atoms with Crippen molar-refractivity contribution in [3.63, 3.8) is 0 Å². The maximum atomic E-state index is 9.95. The summed E-state index contributed by atoms with van der Waals surface area (Å²) < 4.78 is 0. The summed E-state index contributed by atoms with van der Waals surface area (Å²) in [5, 5.41) is 8.20. The van der Waals surface area contributed by atoms with E-state index in [-0.39, 0.29) is 26.2 Å². The van der Waals surface area contributed by atoms with E-state index in [1.807, 2.05) is 0 Å². The van der Waals surface area contributed by atoms with Crippen LogP contribution in [0, 0.1) is 27.7 Å². The van der Waals surface area contributed by atoms with Gasteiger partial charge in [0.15, 0.2) is 0 Å². The van der Waals surface area contributed by atoms with Crippen LogP contribution in [0.15, 0.2) is 0 Å². The molecule has 0 heterocycles. The van der Waals surface area contributed by atoms with Crippen LogP contribution in [0.2, 0.25) is 0 Å². The summed E-state index contributed by atoms with van der Waals surface area (Å²) in [7, 11) is 0. The third-order valence-electron chi connectivity index (χ3n) is 1.14. The molecule has 0 saturated carbocycles. The van der Waals surface area contributed by atoms with Crippen LogP contribution in [-0.2, 0) is 31.0 Å². The van der Waals surface area contributed by atoms with Crippen LogP contribution in [0.25, 0.3) is 0 Å². The Morgan fingerprint density at radius 2 is 1.31 bits per heavy atom. The smallest absolute Gasteiger partial charge is 0.481 e. The fourth-order valence-electron chi connectivity index (χ4n) is 0.630. The molecule has 0 aliphatic rings. The van der Waals surface area contributed by atoms with E-state index in [1.54, 1.807) is 20.8 Å². The molecular formula is C13H28O2Zr. The molecular weight excluding hydrogens is 279 g/mol.